The van der Waals surface area contributed by atoms with E-state index in [4.69, 9.17) is 0 Å². The molecular weight excluding hydrogens is 420 g/mol. The van der Waals surface area contributed by atoms with Crippen molar-refractivity contribution in [2.45, 2.75) is 94.9 Å². The van der Waals surface area contributed by atoms with Crippen LogP contribution in [0.4, 0.5) is 0 Å². The summed E-state index contributed by atoms with van der Waals surface area (Å²) < 4.78 is 0. The molecule has 0 amide bonds. The molecule has 0 heterocycles. The number of carbonyl (C=O) groups is 2. The fraction of sp³-hybridized carbons (Fsp3) is 0.778. The summed E-state index contributed by atoms with van der Waals surface area (Å²) in [4.78, 5) is 25.9. The molecule has 2 atom stereocenters. The van der Waals surface area contributed by atoms with Crippen LogP contribution in [0.1, 0.15) is 94.9 Å². The maximum Gasteiger partial charge on any atom is 0.321 e. The Bertz CT molecular complexity index is 830. The zero-order valence-electron chi connectivity index (χ0n) is 22.1. The summed E-state index contributed by atoms with van der Waals surface area (Å²) in [5.41, 5.74) is -5.86. The predicted molar refractivity (Wildman–Crippen MR) is 129 cm³/mol. The largest absolute Gasteiger partial charge is 0.513 e. The van der Waals surface area contributed by atoms with Crippen molar-refractivity contribution in [3.8, 4) is 0 Å². The zero-order valence-corrected chi connectivity index (χ0v) is 22.1. The van der Waals surface area contributed by atoms with Crippen LogP contribution in [0.25, 0.3) is 0 Å². The van der Waals surface area contributed by atoms with Gasteiger partial charge in [0.2, 0.25) is 0 Å². The number of rotatable bonds is 6. The molecule has 0 bridgehead atoms. The van der Waals surface area contributed by atoms with Crippen LogP contribution >= 0.6 is 0 Å². The first-order chi connectivity index (χ1) is 14.5. The van der Waals surface area contributed by atoms with E-state index in [1.54, 1.807) is 12.2 Å². The number of aliphatic hydroxyl groups is 2. The van der Waals surface area contributed by atoms with Gasteiger partial charge in [-0.1, -0.05) is 69.2 Å². The average molecular weight is 465 g/mol. The van der Waals surface area contributed by atoms with Crippen molar-refractivity contribution in [2.24, 2.45) is 37.9 Å². The Hall–Kier alpha value is -1.98. The van der Waals surface area contributed by atoms with Gasteiger partial charge in [-0.2, -0.15) is 0 Å². The van der Waals surface area contributed by atoms with E-state index in [2.05, 4.69) is 0 Å². The van der Waals surface area contributed by atoms with E-state index in [1.807, 2.05) is 69.2 Å². The summed E-state index contributed by atoms with van der Waals surface area (Å²) in [5.74, 6) is -2.18. The zero-order chi connectivity index (χ0) is 26.1. The van der Waals surface area contributed by atoms with Crippen LogP contribution in [0.5, 0.6) is 0 Å². The van der Waals surface area contributed by atoms with Crippen molar-refractivity contribution < 1.29 is 30.0 Å². The highest BCUT2D eigenvalue weighted by Crippen LogP contribution is 2.67. The van der Waals surface area contributed by atoms with Crippen molar-refractivity contribution >= 4 is 11.9 Å². The molecule has 0 saturated carbocycles. The second-order valence-corrected chi connectivity index (χ2v) is 13.5. The van der Waals surface area contributed by atoms with Crippen LogP contribution < -0.4 is 0 Å². The molecule has 4 N–H and O–H groups in total. The topological polar surface area (TPSA) is 115 Å². The molecule has 0 aliphatic heterocycles. The molecule has 0 aromatic carbocycles. The highest BCUT2D eigenvalue weighted by Gasteiger charge is 2.65. The highest BCUT2D eigenvalue weighted by atomic mass is 16.4. The standard InChI is InChI=1S/C27H44O6/c1-21(2)11-17(28)12-22(3,4)25(21,9)15-27(19(30)31,20(32)33)16-26(10)23(5,6)13-18(29)14-24(26,7)8/h11,13,28-29H,12,14-16H2,1-10H3,(H,30,31)(H,32,33). The third-order valence-electron chi connectivity index (χ3n) is 10.3. The number of hydrogen-bond donors (Lipinski definition) is 4. The number of carboxylic acids is 2. The SMILES string of the molecule is CC1(C)C=C(O)CC(C)(C)C1(C)CC(CC1(C)C(C)(C)C=C(O)CC1(C)C)(C(=O)O)C(=O)O. The van der Waals surface area contributed by atoms with Gasteiger partial charge in [0.15, 0.2) is 5.41 Å². The van der Waals surface area contributed by atoms with Crippen LogP contribution in [0.3, 0.4) is 0 Å². The Morgan fingerprint density at radius 1 is 0.697 bits per heavy atom. The maximum absolute atomic E-state index is 13.0. The lowest BCUT2D eigenvalue weighted by molar-refractivity contribution is -0.183. The molecule has 33 heavy (non-hydrogen) atoms. The van der Waals surface area contributed by atoms with Crippen LogP contribution in [-0.2, 0) is 9.59 Å². The monoisotopic (exact) mass is 464 g/mol. The fourth-order valence-electron chi connectivity index (χ4n) is 6.89. The minimum absolute atomic E-state index is 0.0775. The van der Waals surface area contributed by atoms with Gasteiger partial charge < -0.3 is 20.4 Å². The lowest BCUT2D eigenvalue weighted by Gasteiger charge is -2.61. The molecule has 2 aliphatic rings. The Labute approximate surface area is 198 Å². The van der Waals surface area contributed by atoms with Gasteiger partial charge in [0.25, 0.3) is 0 Å². The van der Waals surface area contributed by atoms with Crippen LogP contribution in [-0.4, -0.2) is 32.4 Å². The quantitative estimate of drug-likeness (QED) is 0.324. The summed E-state index contributed by atoms with van der Waals surface area (Å²) in [6.07, 6.45) is 4.06. The number of aliphatic hydroxyl groups excluding tert-OH is 2. The minimum Gasteiger partial charge on any atom is -0.513 e. The van der Waals surface area contributed by atoms with Crippen molar-refractivity contribution in [2.75, 3.05) is 0 Å². The molecule has 0 saturated heterocycles. The van der Waals surface area contributed by atoms with E-state index in [0.717, 1.165) is 0 Å². The van der Waals surface area contributed by atoms with Crippen LogP contribution in [0.2, 0.25) is 0 Å². The van der Waals surface area contributed by atoms with Gasteiger partial charge in [-0.15, -0.1) is 0 Å². The maximum atomic E-state index is 13.0. The normalized spacial score (nSPS) is 32.4. The van der Waals surface area contributed by atoms with E-state index in [-0.39, 0.29) is 24.4 Å². The molecule has 188 valence electrons. The van der Waals surface area contributed by atoms with Gasteiger partial charge in [-0.3, -0.25) is 9.59 Å². The Kier molecular flexibility index (Phi) is 6.21. The lowest BCUT2D eigenvalue weighted by Crippen LogP contribution is -2.59. The smallest absolute Gasteiger partial charge is 0.321 e. The van der Waals surface area contributed by atoms with Crippen molar-refractivity contribution in [3.05, 3.63) is 23.7 Å². The first-order valence-corrected chi connectivity index (χ1v) is 11.8. The Balaban J connectivity index is 2.76. The van der Waals surface area contributed by atoms with E-state index in [1.165, 1.54) is 0 Å². The average Bonchev–Trinajstić information content (AvgIpc) is 2.55. The molecule has 0 spiro atoms. The van der Waals surface area contributed by atoms with Gasteiger partial charge in [-0.05, 0) is 57.5 Å². The van der Waals surface area contributed by atoms with E-state index in [0.29, 0.717) is 12.8 Å². The number of carboxylic acid groups (broad SMARTS) is 2. The van der Waals surface area contributed by atoms with Gasteiger partial charge in [0.1, 0.15) is 0 Å². The summed E-state index contributed by atoms with van der Waals surface area (Å²) in [5, 5.41) is 41.9. The summed E-state index contributed by atoms with van der Waals surface area (Å²) >= 11 is 0. The number of allylic oxidation sites excluding steroid dienone is 4. The second kappa shape index (κ2) is 7.51. The first-order valence-electron chi connectivity index (χ1n) is 11.8. The summed E-state index contributed by atoms with van der Waals surface area (Å²) in [6.45, 7) is 19.6. The number of hydrogen-bond acceptors (Lipinski definition) is 4. The molecule has 0 aromatic rings. The van der Waals surface area contributed by atoms with E-state index < -0.39 is 49.8 Å². The van der Waals surface area contributed by atoms with Gasteiger partial charge >= 0.3 is 11.9 Å². The number of aliphatic carboxylic acids is 2. The minimum atomic E-state index is -2.05. The molecule has 0 radical (unpaired) electrons. The molecule has 2 unspecified atom stereocenters. The third-order valence-corrected chi connectivity index (χ3v) is 10.3. The Morgan fingerprint density at radius 2 is 0.970 bits per heavy atom. The molecule has 6 nitrogen and oxygen atoms in total. The van der Waals surface area contributed by atoms with Gasteiger partial charge in [-0.25, -0.2) is 0 Å². The Morgan fingerprint density at radius 3 is 1.18 bits per heavy atom. The molecule has 0 aromatic heterocycles. The summed E-state index contributed by atoms with van der Waals surface area (Å²) in [7, 11) is 0. The van der Waals surface area contributed by atoms with E-state index in [9.17, 15) is 30.0 Å². The molecule has 2 aliphatic carbocycles. The van der Waals surface area contributed by atoms with Gasteiger partial charge in [0, 0.05) is 12.8 Å². The second-order valence-electron chi connectivity index (χ2n) is 13.5. The fourth-order valence-corrected chi connectivity index (χ4v) is 6.89. The van der Waals surface area contributed by atoms with Crippen LogP contribution in [0.15, 0.2) is 23.7 Å². The highest BCUT2D eigenvalue weighted by molar-refractivity contribution is 5.98. The molecule has 0 fully saturated rings. The third kappa shape index (κ3) is 3.87. The van der Waals surface area contributed by atoms with Crippen molar-refractivity contribution in [1.29, 1.82) is 0 Å². The lowest BCUT2D eigenvalue weighted by atomic mass is 9.42. The molecular formula is C27H44O6. The summed E-state index contributed by atoms with van der Waals surface area (Å²) in [6, 6.07) is 0. The molecule has 6 heteroatoms. The molecule has 2 rings (SSSR count). The van der Waals surface area contributed by atoms with Crippen molar-refractivity contribution in [1.82, 2.24) is 0 Å². The van der Waals surface area contributed by atoms with Crippen LogP contribution in [0, 0.1) is 37.9 Å². The predicted octanol–water partition coefficient (Wildman–Crippen LogP) is 6.73. The first kappa shape index (κ1) is 27.3. The van der Waals surface area contributed by atoms with Crippen molar-refractivity contribution in [3.63, 3.8) is 0 Å². The van der Waals surface area contributed by atoms with Gasteiger partial charge in [0.05, 0.1) is 11.5 Å². The van der Waals surface area contributed by atoms with E-state index >= 15 is 0 Å².